The zero-order chi connectivity index (χ0) is 24.4. The molecule has 5 rings (SSSR count). The molecule has 0 bridgehead atoms. The number of sulfonamides is 1. The number of aryl methyl sites for hydroxylation is 2. The van der Waals surface area contributed by atoms with Crippen LogP contribution >= 0.6 is 0 Å². The average Bonchev–Trinajstić information content (AvgIpc) is 3.32. The maximum absolute atomic E-state index is 14.0. The number of carbonyl (C=O) groups excluding carboxylic acids is 1. The van der Waals surface area contributed by atoms with E-state index in [4.69, 9.17) is 4.74 Å². The fraction of sp³-hybridized carbons (Fsp3) is 0.321. The SMILES string of the molecule is Cc1ccc(CN(C(=O)c2cccc(S(=O)(=O)N3CCOCC3)c2)C2CCc3ccccc32)cc1. The minimum absolute atomic E-state index is 0.0560. The highest BCUT2D eigenvalue weighted by molar-refractivity contribution is 7.89. The van der Waals surface area contributed by atoms with Crippen molar-refractivity contribution in [1.82, 2.24) is 9.21 Å². The number of amides is 1. The van der Waals surface area contributed by atoms with E-state index in [0.717, 1.165) is 18.4 Å². The second-order valence-corrected chi connectivity index (χ2v) is 11.2. The van der Waals surface area contributed by atoms with Crippen LogP contribution < -0.4 is 0 Å². The Bertz CT molecular complexity index is 1310. The number of rotatable bonds is 6. The molecule has 182 valence electrons. The van der Waals surface area contributed by atoms with E-state index in [1.54, 1.807) is 18.2 Å². The van der Waals surface area contributed by atoms with Crippen molar-refractivity contribution in [1.29, 1.82) is 0 Å². The van der Waals surface area contributed by atoms with Gasteiger partial charge in [-0.2, -0.15) is 4.31 Å². The first kappa shape index (κ1) is 23.7. The van der Waals surface area contributed by atoms with Gasteiger partial charge < -0.3 is 9.64 Å². The molecular formula is C28H30N2O4S. The monoisotopic (exact) mass is 490 g/mol. The lowest BCUT2D eigenvalue weighted by Gasteiger charge is -2.31. The minimum Gasteiger partial charge on any atom is -0.379 e. The smallest absolute Gasteiger partial charge is 0.254 e. The van der Waals surface area contributed by atoms with Crippen molar-refractivity contribution in [2.24, 2.45) is 0 Å². The summed E-state index contributed by atoms with van der Waals surface area (Å²) in [7, 11) is -3.69. The first-order valence-corrected chi connectivity index (χ1v) is 13.5. The molecule has 0 saturated carbocycles. The van der Waals surface area contributed by atoms with Gasteiger partial charge in [-0.15, -0.1) is 0 Å². The van der Waals surface area contributed by atoms with E-state index in [-0.39, 0.29) is 16.8 Å². The number of nitrogens with zero attached hydrogens (tertiary/aromatic N) is 2. The zero-order valence-corrected chi connectivity index (χ0v) is 20.7. The van der Waals surface area contributed by atoms with Crippen LogP contribution in [0.2, 0.25) is 0 Å². The molecule has 0 N–H and O–H groups in total. The molecule has 1 unspecified atom stereocenters. The van der Waals surface area contributed by atoms with Crippen molar-refractivity contribution in [3.63, 3.8) is 0 Å². The predicted octanol–water partition coefficient (Wildman–Crippen LogP) is 4.35. The van der Waals surface area contributed by atoms with E-state index in [9.17, 15) is 13.2 Å². The fourth-order valence-electron chi connectivity index (χ4n) is 4.96. The van der Waals surface area contributed by atoms with E-state index in [1.807, 2.05) is 24.0 Å². The van der Waals surface area contributed by atoms with Crippen molar-refractivity contribution in [2.75, 3.05) is 26.3 Å². The highest BCUT2D eigenvalue weighted by Crippen LogP contribution is 2.37. The lowest BCUT2D eigenvalue weighted by atomic mass is 10.0. The standard InChI is InChI=1S/C28H30N2O4S/c1-21-9-11-22(12-10-21)20-30(27-14-13-23-5-2-3-8-26(23)27)28(31)24-6-4-7-25(19-24)35(32,33)29-15-17-34-18-16-29/h2-12,19,27H,13-18,20H2,1H3. The van der Waals surface area contributed by atoms with Crippen LogP contribution in [0.25, 0.3) is 0 Å². The second kappa shape index (κ2) is 9.93. The van der Waals surface area contributed by atoms with Gasteiger partial charge in [0.1, 0.15) is 0 Å². The fourth-order valence-corrected chi connectivity index (χ4v) is 6.42. The van der Waals surface area contributed by atoms with Gasteiger partial charge in [-0.05, 0) is 54.7 Å². The Kier molecular flexibility index (Phi) is 6.73. The molecule has 3 aromatic carbocycles. The summed E-state index contributed by atoms with van der Waals surface area (Å²) in [6.45, 7) is 3.89. The molecule has 1 atom stereocenters. The molecule has 0 aromatic heterocycles. The average molecular weight is 491 g/mol. The summed E-state index contributed by atoms with van der Waals surface area (Å²) in [4.78, 5) is 16.0. The van der Waals surface area contributed by atoms with Crippen molar-refractivity contribution < 1.29 is 17.9 Å². The molecule has 7 heteroatoms. The molecule has 1 fully saturated rings. The van der Waals surface area contributed by atoms with Crippen LogP contribution in [-0.4, -0.2) is 49.8 Å². The van der Waals surface area contributed by atoms with E-state index in [0.29, 0.717) is 38.4 Å². The van der Waals surface area contributed by atoms with E-state index < -0.39 is 10.0 Å². The molecule has 35 heavy (non-hydrogen) atoms. The summed E-state index contributed by atoms with van der Waals surface area (Å²) in [5.41, 5.74) is 5.04. The molecule has 1 amide bonds. The predicted molar refractivity (Wildman–Crippen MR) is 135 cm³/mol. The Hall–Kier alpha value is -3.00. The number of morpholine rings is 1. The second-order valence-electron chi connectivity index (χ2n) is 9.22. The quantitative estimate of drug-likeness (QED) is 0.515. The number of hydrogen-bond acceptors (Lipinski definition) is 4. The Balaban J connectivity index is 1.49. The van der Waals surface area contributed by atoms with Crippen LogP contribution in [0, 0.1) is 6.92 Å². The molecule has 3 aromatic rings. The highest BCUT2D eigenvalue weighted by atomic mass is 32.2. The summed E-state index contributed by atoms with van der Waals surface area (Å²) in [5.74, 6) is -0.161. The van der Waals surface area contributed by atoms with Crippen molar-refractivity contribution in [3.8, 4) is 0 Å². The topological polar surface area (TPSA) is 66.9 Å². The van der Waals surface area contributed by atoms with Gasteiger partial charge in [0.05, 0.1) is 24.2 Å². The van der Waals surface area contributed by atoms with E-state index in [1.165, 1.54) is 27.1 Å². The number of ether oxygens (including phenoxy) is 1. The number of carbonyl (C=O) groups is 1. The van der Waals surface area contributed by atoms with Crippen molar-refractivity contribution in [3.05, 3.63) is 101 Å². The molecule has 6 nitrogen and oxygen atoms in total. The van der Waals surface area contributed by atoms with Crippen LogP contribution in [0.5, 0.6) is 0 Å². The molecule has 0 spiro atoms. The van der Waals surface area contributed by atoms with Gasteiger partial charge in [-0.1, -0.05) is 60.2 Å². The summed E-state index contributed by atoms with van der Waals surface area (Å²) in [5, 5.41) is 0. The number of fused-ring (bicyclic) bond motifs is 1. The summed E-state index contributed by atoms with van der Waals surface area (Å²) in [6, 6.07) is 22.9. The van der Waals surface area contributed by atoms with Crippen LogP contribution in [0.4, 0.5) is 0 Å². The zero-order valence-electron chi connectivity index (χ0n) is 19.9. The third-order valence-corrected chi connectivity index (χ3v) is 8.80. The molecule has 1 aliphatic carbocycles. The maximum atomic E-state index is 14.0. The van der Waals surface area contributed by atoms with Gasteiger partial charge in [0.25, 0.3) is 5.91 Å². The van der Waals surface area contributed by atoms with Gasteiger partial charge >= 0.3 is 0 Å². The van der Waals surface area contributed by atoms with E-state index >= 15 is 0 Å². The Morgan fingerprint density at radius 2 is 1.74 bits per heavy atom. The number of hydrogen-bond donors (Lipinski definition) is 0. The largest absolute Gasteiger partial charge is 0.379 e. The molecule has 1 heterocycles. The van der Waals surface area contributed by atoms with Gasteiger partial charge in [-0.3, -0.25) is 4.79 Å². The molecule has 0 radical (unpaired) electrons. The molecule has 2 aliphatic rings. The third-order valence-electron chi connectivity index (χ3n) is 6.90. The van der Waals surface area contributed by atoms with E-state index in [2.05, 4.69) is 36.4 Å². The van der Waals surface area contributed by atoms with Crippen LogP contribution in [0.1, 0.15) is 45.1 Å². The maximum Gasteiger partial charge on any atom is 0.254 e. The molecule has 1 saturated heterocycles. The Morgan fingerprint density at radius 1 is 1.00 bits per heavy atom. The van der Waals surface area contributed by atoms with Crippen molar-refractivity contribution in [2.45, 2.75) is 37.2 Å². The van der Waals surface area contributed by atoms with Crippen LogP contribution in [0.15, 0.2) is 77.7 Å². The van der Waals surface area contributed by atoms with Crippen LogP contribution in [-0.2, 0) is 27.7 Å². The van der Waals surface area contributed by atoms with Gasteiger partial charge in [0.15, 0.2) is 0 Å². The lowest BCUT2D eigenvalue weighted by Crippen LogP contribution is -2.40. The van der Waals surface area contributed by atoms with Gasteiger partial charge in [0.2, 0.25) is 10.0 Å². The Labute approximate surface area is 207 Å². The Morgan fingerprint density at radius 3 is 2.51 bits per heavy atom. The number of benzene rings is 3. The summed E-state index contributed by atoms with van der Waals surface area (Å²) < 4.78 is 33.2. The minimum atomic E-state index is -3.69. The summed E-state index contributed by atoms with van der Waals surface area (Å²) in [6.07, 6.45) is 1.77. The molecule has 1 aliphatic heterocycles. The highest BCUT2D eigenvalue weighted by Gasteiger charge is 2.33. The van der Waals surface area contributed by atoms with Gasteiger partial charge in [0, 0.05) is 25.2 Å². The summed E-state index contributed by atoms with van der Waals surface area (Å²) >= 11 is 0. The first-order chi connectivity index (χ1) is 16.9. The van der Waals surface area contributed by atoms with Gasteiger partial charge in [-0.25, -0.2) is 8.42 Å². The lowest BCUT2D eigenvalue weighted by molar-refractivity contribution is 0.0658. The van der Waals surface area contributed by atoms with Crippen LogP contribution in [0.3, 0.4) is 0 Å². The molecular weight excluding hydrogens is 460 g/mol. The first-order valence-electron chi connectivity index (χ1n) is 12.1. The van der Waals surface area contributed by atoms with Crippen molar-refractivity contribution >= 4 is 15.9 Å². The third kappa shape index (κ3) is 4.89. The normalized spacial score (nSPS) is 18.3.